The normalized spacial score (nSPS) is 10.8. The molecule has 6 nitrogen and oxygen atoms in total. The van der Waals surface area contributed by atoms with Crippen molar-refractivity contribution in [2.24, 2.45) is 0 Å². The van der Waals surface area contributed by atoms with Crippen LogP contribution in [0.15, 0.2) is 76.1 Å². The number of benzene rings is 2. The number of carbonyl (C=O) groups is 1. The second kappa shape index (κ2) is 7.79. The zero-order chi connectivity index (χ0) is 21.3. The maximum Gasteiger partial charge on any atom is 0.292 e. The van der Waals surface area contributed by atoms with Crippen molar-refractivity contribution in [2.45, 2.75) is 13.8 Å². The third kappa shape index (κ3) is 3.65. The van der Waals surface area contributed by atoms with E-state index < -0.39 is 11.7 Å². The number of furan rings is 1. The van der Waals surface area contributed by atoms with Gasteiger partial charge in [0, 0.05) is 0 Å². The molecule has 30 heavy (non-hydrogen) atoms. The van der Waals surface area contributed by atoms with Gasteiger partial charge in [-0.2, -0.15) is 5.10 Å². The topological polar surface area (TPSA) is 77.1 Å². The predicted molar refractivity (Wildman–Crippen MR) is 111 cm³/mol. The molecule has 0 saturated carbocycles. The fraction of sp³-hybridized carbons (Fsp3) is 0.0870. The average Bonchev–Trinajstić information content (AvgIpc) is 3.28. The standard InChI is InChI=1S/C23H18FN3O3/c1-14-5-7-16(8-6-14)20-21(28)15(2)26-27(18-11-9-17(24)10-12-18)22(20)25-23(29)19-4-3-13-30-19/h3-13H,1-2H3,(H,25,29). The molecule has 0 aliphatic carbocycles. The van der Waals surface area contributed by atoms with Crippen LogP contribution in [-0.4, -0.2) is 15.7 Å². The van der Waals surface area contributed by atoms with E-state index in [1.165, 1.54) is 41.3 Å². The highest BCUT2D eigenvalue weighted by molar-refractivity contribution is 6.04. The van der Waals surface area contributed by atoms with Crippen LogP contribution in [0.25, 0.3) is 16.8 Å². The van der Waals surface area contributed by atoms with Crippen LogP contribution in [0.4, 0.5) is 10.2 Å². The van der Waals surface area contributed by atoms with Crippen molar-refractivity contribution < 1.29 is 13.6 Å². The summed E-state index contributed by atoms with van der Waals surface area (Å²) in [6, 6.07) is 16.1. The average molecular weight is 403 g/mol. The van der Waals surface area contributed by atoms with E-state index in [1.807, 2.05) is 31.2 Å². The molecule has 2 aromatic carbocycles. The number of nitrogens with one attached hydrogen (secondary N) is 1. The molecular formula is C23H18FN3O3. The number of halogens is 1. The Kier molecular flexibility index (Phi) is 5.02. The van der Waals surface area contributed by atoms with E-state index in [2.05, 4.69) is 10.4 Å². The Hall–Kier alpha value is -4.00. The molecule has 0 aliphatic rings. The SMILES string of the molecule is Cc1ccc(-c2c(NC(=O)c3ccco3)n(-c3ccc(F)cc3)nc(C)c2=O)cc1. The van der Waals surface area contributed by atoms with Crippen molar-refractivity contribution in [1.29, 1.82) is 0 Å². The van der Waals surface area contributed by atoms with E-state index >= 15 is 0 Å². The largest absolute Gasteiger partial charge is 0.459 e. The van der Waals surface area contributed by atoms with Gasteiger partial charge in [-0.25, -0.2) is 9.07 Å². The van der Waals surface area contributed by atoms with Gasteiger partial charge in [-0.15, -0.1) is 0 Å². The Morgan fingerprint density at radius 2 is 1.73 bits per heavy atom. The Labute approximate surface area is 171 Å². The van der Waals surface area contributed by atoms with Crippen molar-refractivity contribution in [3.63, 3.8) is 0 Å². The van der Waals surface area contributed by atoms with Crippen molar-refractivity contribution in [3.05, 3.63) is 100.0 Å². The second-order valence-electron chi connectivity index (χ2n) is 6.82. The summed E-state index contributed by atoms with van der Waals surface area (Å²) in [6.45, 7) is 3.54. The van der Waals surface area contributed by atoms with Gasteiger partial charge in [0.05, 0.1) is 17.5 Å². The van der Waals surface area contributed by atoms with Crippen LogP contribution < -0.4 is 10.7 Å². The summed E-state index contributed by atoms with van der Waals surface area (Å²) in [4.78, 5) is 25.8. The fourth-order valence-corrected chi connectivity index (χ4v) is 3.09. The lowest BCUT2D eigenvalue weighted by Crippen LogP contribution is -2.24. The Morgan fingerprint density at radius 3 is 2.37 bits per heavy atom. The maximum absolute atomic E-state index is 13.5. The maximum atomic E-state index is 13.5. The van der Waals surface area contributed by atoms with Gasteiger partial charge in [0.1, 0.15) is 17.3 Å². The molecule has 4 rings (SSSR count). The van der Waals surface area contributed by atoms with Crippen molar-refractivity contribution in [1.82, 2.24) is 9.78 Å². The number of rotatable bonds is 4. The van der Waals surface area contributed by atoms with Crippen LogP contribution in [0.3, 0.4) is 0 Å². The smallest absolute Gasteiger partial charge is 0.292 e. The molecule has 4 aromatic rings. The van der Waals surface area contributed by atoms with Gasteiger partial charge >= 0.3 is 0 Å². The van der Waals surface area contributed by atoms with E-state index in [0.717, 1.165) is 5.56 Å². The van der Waals surface area contributed by atoms with Gasteiger partial charge in [-0.05, 0) is 55.8 Å². The molecule has 0 radical (unpaired) electrons. The minimum Gasteiger partial charge on any atom is -0.459 e. The van der Waals surface area contributed by atoms with E-state index in [4.69, 9.17) is 4.42 Å². The van der Waals surface area contributed by atoms with E-state index in [-0.39, 0.29) is 28.3 Å². The van der Waals surface area contributed by atoms with Crippen LogP contribution in [0.2, 0.25) is 0 Å². The highest BCUT2D eigenvalue weighted by Gasteiger charge is 2.21. The summed E-state index contributed by atoms with van der Waals surface area (Å²) >= 11 is 0. The minimum absolute atomic E-state index is 0.0866. The Bertz CT molecular complexity index is 1260. The molecule has 2 heterocycles. The monoisotopic (exact) mass is 403 g/mol. The molecule has 1 amide bonds. The van der Waals surface area contributed by atoms with Gasteiger partial charge in [-0.1, -0.05) is 29.8 Å². The van der Waals surface area contributed by atoms with Crippen molar-refractivity contribution in [2.75, 3.05) is 5.32 Å². The van der Waals surface area contributed by atoms with Crippen LogP contribution in [0.1, 0.15) is 21.8 Å². The summed E-state index contributed by atoms with van der Waals surface area (Å²) < 4.78 is 20.1. The number of aromatic nitrogens is 2. The summed E-state index contributed by atoms with van der Waals surface area (Å²) in [5.41, 5.74) is 2.36. The lowest BCUT2D eigenvalue weighted by atomic mass is 10.0. The molecular weight excluding hydrogens is 385 g/mol. The highest BCUT2D eigenvalue weighted by atomic mass is 19.1. The number of aryl methyl sites for hydroxylation is 2. The first kappa shape index (κ1) is 19.3. The molecule has 1 N–H and O–H groups in total. The van der Waals surface area contributed by atoms with Gasteiger partial charge in [-0.3, -0.25) is 9.59 Å². The minimum atomic E-state index is -0.533. The van der Waals surface area contributed by atoms with Crippen LogP contribution in [0.5, 0.6) is 0 Å². The van der Waals surface area contributed by atoms with E-state index in [0.29, 0.717) is 11.3 Å². The van der Waals surface area contributed by atoms with E-state index in [9.17, 15) is 14.0 Å². The van der Waals surface area contributed by atoms with Crippen molar-refractivity contribution >= 4 is 11.7 Å². The summed E-state index contributed by atoms with van der Waals surface area (Å²) in [5.74, 6) is -0.684. The number of amides is 1. The molecule has 0 fully saturated rings. The van der Waals surface area contributed by atoms with Gasteiger partial charge in [0.15, 0.2) is 5.76 Å². The van der Waals surface area contributed by atoms with Crippen LogP contribution in [0, 0.1) is 19.7 Å². The Morgan fingerprint density at radius 1 is 1.03 bits per heavy atom. The molecule has 2 aromatic heterocycles. The second-order valence-corrected chi connectivity index (χ2v) is 6.82. The van der Waals surface area contributed by atoms with Gasteiger partial charge in [0.2, 0.25) is 5.43 Å². The first-order chi connectivity index (χ1) is 14.4. The third-order valence-electron chi connectivity index (χ3n) is 4.64. The number of carbonyl (C=O) groups excluding carboxylic acids is 1. The lowest BCUT2D eigenvalue weighted by Gasteiger charge is -2.18. The number of hydrogen-bond acceptors (Lipinski definition) is 4. The Balaban J connectivity index is 1.97. The predicted octanol–water partition coefficient (Wildman–Crippen LogP) is 4.50. The fourth-order valence-electron chi connectivity index (χ4n) is 3.09. The molecule has 150 valence electrons. The number of anilines is 1. The molecule has 0 saturated heterocycles. The van der Waals surface area contributed by atoms with Crippen molar-refractivity contribution in [3.8, 4) is 16.8 Å². The highest BCUT2D eigenvalue weighted by Crippen LogP contribution is 2.28. The molecule has 0 atom stereocenters. The van der Waals surface area contributed by atoms with Crippen LogP contribution in [-0.2, 0) is 0 Å². The quantitative estimate of drug-likeness (QED) is 0.544. The summed E-state index contributed by atoms with van der Waals surface area (Å²) in [5, 5.41) is 7.10. The summed E-state index contributed by atoms with van der Waals surface area (Å²) in [7, 11) is 0. The third-order valence-corrected chi connectivity index (χ3v) is 4.64. The molecule has 0 bridgehead atoms. The number of nitrogens with zero attached hydrogens (tertiary/aromatic N) is 2. The van der Waals surface area contributed by atoms with Gasteiger partial charge in [0.25, 0.3) is 5.91 Å². The zero-order valence-electron chi connectivity index (χ0n) is 16.3. The summed E-state index contributed by atoms with van der Waals surface area (Å²) in [6.07, 6.45) is 1.39. The van der Waals surface area contributed by atoms with Gasteiger partial charge < -0.3 is 9.73 Å². The first-order valence-electron chi connectivity index (χ1n) is 9.26. The molecule has 7 heteroatoms. The molecule has 0 unspecified atom stereocenters. The van der Waals surface area contributed by atoms with E-state index in [1.54, 1.807) is 13.0 Å². The van der Waals surface area contributed by atoms with Crippen LogP contribution >= 0.6 is 0 Å². The molecule has 0 aliphatic heterocycles. The first-order valence-corrected chi connectivity index (χ1v) is 9.26. The number of hydrogen-bond donors (Lipinski definition) is 1. The molecule has 0 spiro atoms. The lowest BCUT2D eigenvalue weighted by molar-refractivity contribution is 0.0996. The zero-order valence-corrected chi connectivity index (χ0v) is 16.3.